The van der Waals surface area contributed by atoms with Crippen molar-refractivity contribution in [2.45, 2.75) is 334 Å². The predicted molar refractivity (Wildman–Crippen MR) is 435 cm³/mol. The fourth-order valence-corrected chi connectivity index (χ4v) is 11.0. The van der Waals surface area contributed by atoms with Crippen LogP contribution >= 0.6 is 0 Å². The lowest BCUT2D eigenvalue weighted by molar-refractivity contribution is -0.870. The number of carbonyl (C=O) groups excluding carboxylic acids is 3. The second-order valence-corrected chi connectivity index (χ2v) is 27.9. The van der Waals surface area contributed by atoms with Crippen LogP contribution in [-0.2, 0) is 33.3 Å². The molecule has 0 N–H and O–H groups in total. The number of hydrogen-bond donors (Lipinski definition) is 0. The first kappa shape index (κ1) is 95.4. The van der Waals surface area contributed by atoms with Crippen LogP contribution in [0.4, 0.5) is 0 Å². The van der Waals surface area contributed by atoms with Gasteiger partial charge in [0, 0.05) is 12.8 Å². The second kappa shape index (κ2) is 80.1. The number of rotatable bonds is 74. The predicted octanol–water partition coefficient (Wildman–Crippen LogP) is 25.4. The van der Waals surface area contributed by atoms with Gasteiger partial charge in [-0.25, -0.2) is 0 Å². The molecule has 0 aliphatic carbocycles. The molecule has 0 aliphatic heterocycles. The lowest BCUT2D eigenvalue weighted by Gasteiger charge is -2.26. The first-order valence-electron chi connectivity index (χ1n) is 40.9. The van der Waals surface area contributed by atoms with Crippen LogP contribution in [0.5, 0.6) is 0 Å². The van der Waals surface area contributed by atoms with Gasteiger partial charge in [-0.05, 0) is 135 Å². The van der Waals surface area contributed by atoms with Crippen molar-refractivity contribution in [3.8, 4) is 0 Å². The average molecular weight is 1400 g/mol. The zero-order valence-electron chi connectivity index (χ0n) is 65.5. The molecule has 0 aromatic rings. The fraction of sp³-hybridized carbons (Fsp3) is 0.641. The van der Waals surface area contributed by atoms with Crippen LogP contribution < -0.4 is 5.11 Å². The molecule has 0 radical (unpaired) electrons. The molecule has 572 valence electrons. The molecule has 9 nitrogen and oxygen atoms in total. The van der Waals surface area contributed by atoms with Crippen LogP contribution in [0.15, 0.2) is 182 Å². The molecule has 101 heavy (non-hydrogen) atoms. The van der Waals surface area contributed by atoms with Gasteiger partial charge >= 0.3 is 11.9 Å². The molecule has 0 saturated heterocycles. The van der Waals surface area contributed by atoms with E-state index in [9.17, 15) is 19.5 Å². The van der Waals surface area contributed by atoms with Gasteiger partial charge in [0.15, 0.2) is 12.4 Å². The Bertz CT molecular complexity index is 2330. The van der Waals surface area contributed by atoms with E-state index in [0.29, 0.717) is 17.4 Å². The zero-order valence-corrected chi connectivity index (χ0v) is 65.5. The third-order valence-electron chi connectivity index (χ3n) is 17.1. The van der Waals surface area contributed by atoms with Gasteiger partial charge in [0.1, 0.15) is 13.2 Å². The summed E-state index contributed by atoms with van der Waals surface area (Å²) in [5.41, 5.74) is 0. The quantitative estimate of drug-likeness (QED) is 0.0195. The van der Waals surface area contributed by atoms with E-state index in [2.05, 4.69) is 196 Å². The van der Waals surface area contributed by atoms with E-state index in [1.165, 1.54) is 154 Å². The molecule has 9 heteroatoms. The summed E-state index contributed by atoms with van der Waals surface area (Å²) in [7, 11) is 5.92. The third kappa shape index (κ3) is 81.6. The smallest absolute Gasteiger partial charge is 0.306 e. The SMILES string of the molecule is CC/C=C\C/C=C\C/C=C\C/C=C\C/C=C\C/C=C\C/C=C\C/C=C\C/C=C\C/C=C\C/C=C\CCCCCC(=O)OC(COC(=O)CCCCCCCCCCCCCCCCCCCCCCCCCCCC/C=C\C/C=C\C/C=C\C/C=C\CC)COC(OCC[N+](C)(C)C)C(=O)[O-]. The number of allylic oxidation sites excluding steroid dienone is 30. The first-order chi connectivity index (χ1) is 49.6. The van der Waals surface area contributed by atoms with Gasteiger partial charge in [-0.1, -0.05) is 357 Å². The second-order valence-electron chi connectivity index (χ2n) is 27.9. The number of aliphatic carboxylic acids is 1. The molecular formula is C92H151NO8. The number of nitrogens with zero attached hydrogens (tertiary/aromatic N) is 1. The van der Waals surface area contributed by atoms with E-state index in [1.54, 1.807) is 0 Å². The maximum absolute atomic E-state index is 13.0. The van der Waals surface area contributed by atoms with Crippen molar-refractivity contribution in [1.29, 1.82) is 0 Å². The van der Waals surface area contributed by atoms with Gasteiger partial charge in [0.05, 0.1) is 40.3 Å². The molecule has 0 aliphatic rings. The van der Waals surface area contributed by atoms with Gasteiger partial charge in [-0.3, -0.25) is 9.59 Å². The highest BCUT2D eigenvalue weighted by Gasteiger charge is 2.22. The minimum atomic E-state index is -1.64. The minimum absolute atomic E-state index is 0.133. The van der Waals surface area contributed by atoms with Crippen molar-refractivity contribution in [1.82, 2.24) is 0 Å². The van der Waals surface area contributed by atoms with Crippen LogP contribution in [0, 0.1) is 0 Å². The Morgan fingerprint density at radius 2 is 0.535 bits per heavy atom. The van der Waals surface area contributed by atoms with Gasteiger partial charge in [-0.2, -0.15) is 0 Å². The number of carboxylic acid groups (broad SMARTS) is 1. The van der Waals surface area contributed by atoms with Crippen molar-refractivity contribution in [3.63, 3.8) is 0 Å². The van der Waals surface area contributed by atoms with E-state index in [-0.39, 0.29) is 38.6 Å². The Hall–Kier alpha value is -5.61. The molecule has 0 amide bonds. The van der Waals surface area contributed by atoms with Gasteiger partial charge < -0.3 is 33.3 Å². The van der Waals surface area contributed by atoms with Crippen LogP contribution in [-0.4, -0.2) is 82.3 Å². The monoisotopic (exact) mass is 1400 g/mol. The number of quaternary nitrogens is 1. The molecule has 2 unspecified atom stereocenters. The Labute approximate surface area is 621 Å². The summed E-state index contributed by atoms with van der Waals surface area (Å²) in [6.45, 7) is 4.49. The van der Waals surface area contributed by atoms with Crippen molar-refractivity contribution in [2.24, 2.45) is 0 Å². The molecule has 0 fully saturated rings. The highest BCUT2D eigenvalue weighted by Crippen LogP contribution is 2.18. The maximum atomic E-state index is 13.0. The summed E-state index contributed by atoms with van der Waals surface area (Å²) in [4.78, 5) is 37.6. The lowest BCUT2D eigenvalue weighted by Crippen LogP contribution is -2.44. The summed E-state index contributed by atoms with van der Waals surface area (Å²) >= 11 is 0. The number of hydrogen-bond acceptors (Lipinski definition) is 8. The largest absolute Gasteiger partial charge is 0.545 e. The highest BCUT2D eigenvalue weighted by molar-refractivity contribution is 5.70. The number of carboxylic acids is 1. The molecule has 0 bridgehead atoms. The van der Waals surface area contributed by atoms with E-state index < -0.39 is 24.3 Å². The molecule has 0 rings (SSSR count). The summed E-state index contributed by atoms with van der Waals surface area (Å²) < 4.78 is 22.8. The van der Waals surface area contributed by atoms with Gasteiger partial charge in [-0.15, -0.1) is 0 Å². The Kier molecular flexibility index (Phi) is 75.6. The topological polar surface area (TPSA) is 111 Å². The number of carbonyl (C=O) groups is 3. The highest BCUT2D eigenvalue weighted by atomic mass is 16.7. The third-order valence-corrected chi connectivity index (χ3v) is 17.1. The Morgan fingerprint density at radius 1 is 0.297 bits per heavy atom. The number of ether oxygens (including phenoxy) is 4. The normalized spacial score (nSPS) is 13.6. The molecule has 0 aromatic carbocycles. The maximum Gasteiger partial charge on any atom is 0.306 e. The molecule has 0 heterocycles. The molecule has 0 spiro atoms. The Balaban J connectivity index is 4.11. The van der Waals surface area contributed by atoms with Crippen LogP contribution in [0.2, 0.25) is 0 Å². The molecule has 2 atom stereocenters. The average Bonchev–Trinajstić information content (AvgIpc) is 1.25. The molecule has 0 aromatic heterocycles. The summed E-state index contributed by atoms with van der Waals surface area (Å²) in [6, 6.07) is 0. The van der Waals surface area contributed by atoms with Crippen molar-refractivity contribution in [3.05, 3.63) is 182 Å². The van der Waals surface area contributed by atoms with E-state index in [0.717, 1.165) is 135 Å². The molecule has 0 saturated carbocycles. The minimum Gasteiger partial charge on any atom is -0.545 e. The number of likely N-dealkylation sites (N-methyl/N-ethyl adjacent to an activating group) is 1. The summed E-state index contributed by atoms with van der Waals surface area (Å²) in [6.07, 6.45) is 119. The van der Waals surface area contributed by atoms with Crippen molar-refractivity contribution in [2.75, 3.05) is 47.5 Å². The molecular weight excluding hydrogens is 1250 g/mol. The van der Waals surface area contributed by atoms with E-state index in [1.807, 2.05) is 21.1 Å². The number of esters is 2. The fourth-order valence-electron chi connectivity index (χ4n) is 11.0. The summed E-state index contributed by atoms with van der Waals surface area (Å²) in [5, 5.41) is 11.9. The van der Waals surface area contributed by atoms with E-state index in [4.69, 9.17) is 18.9 Å². The van der Waals surface area contributed by atoms with Gasteiger partial charge in [0.25, 0.3) is 0 Å². The van der Waals surface area contributed by atoms with Crippen molar-refractivity contribution < 1.29 is 42.9 Å². The van der Waals surface area contributed by atoms with Crippen LogP contribution in [0.1, 0.15) is 322 Å². The first-order valence-corrected chi connectivity index (χ1v) is 40.9. The van der Waals surface area contributed by atoms with Crippen LogP contribution in [0.3, 0.4) is 0 Å². The van der Waals surface area contributed by atoms with Crippen LogP contribution in [0.25, 0.3) is 0 Å². The Morgan fingerprint density at radius 3 is 0.802 bits per heavy atom. The standard InChI is InChI=1S/C92H151NO8/c1-6-8-10-12-14-16-18-20-22-24-26-28-30-32-34-36-38-40-42-44-45-47-48-50-52-54-56-58-60-62-64-66-68-70-72-74-76-78-80-82-89(94)99-86-88(87-100-92(91(96)97)98-85-84-93(3,4)5)101-90(95)83-81-79-77-75-73-71-69-67-65-63-61-59-57-55-53-51-49-46-43-41-39-37-35-33-31-29-27-25-23-21-19-17-15-13-11-9-7-2/h8-11,14-17,20-23,26-29,33,35,39,41,46,49,53,55,59,61,65,67,71,73,88,92H,6-7,12-13,18-19,24-25,30-32,34,36-38,40,42-45,47-48,50-52,54,56-58,60,62-64,66,68-70,72,74-87H2,1-5H3/b10-8-,11-9-,16-14-,17-15-,22-20-,23-21-,28-26-,29-27-,35-33-,41-39-,49-46-,55-53-,61-59-,67-65-,73-71-. The van der Waals surface area contributed by atoms with E-state index >= 15 is 0 Å². The lowest BCUT2D eigenvalue weighted by atomic mass is 10.0. The zero-order chi connectivity index (χ0) is 73.2. The van der Waals surface area contributed by atoms with Crippen molar-refractivity contribution >= 4 is 17.9 Å². The summed E-state index contributed by atoms with van der Waals surface area (Å²) in [5.74, 6) is -2.33. The van der Waals surface area contributed by atoms with Gasteiger partial charge in [0.2, 0.25) is 0 Å². The number of unbranched alkanes of at least 4 members (excludes halogenated alkanes) is 29.